The van der Waals surface area contributed by atoms with Crippen LogP contribution in [-0.2, 0) is 0 Å². The lowest BCUT2D eigenvalue weighted by atomic mass is 9.93. The van der Waals surface area contributed by atoms with E-state index >= 15 is 0 Å². The Bertz CT molecular complexity index is 836. The first-order chi connectivity index (χ1) is 13.4. The lowest BCUT2D eigenvalue weighted by Gasteiger charge is -2.26. The molecule has 0 spiro atoms. The normalized spacial score (nSPS) is 14.2. The number of para-hydroxylation sites is 2. The summed E-state index contributed by atoms with van der Waals surface area (Å²) in [5, 5.41) is 13.6. The van der Waals surface area contributed by atoms with Gasteiger partial charge in [0.2, 0.25) is 5.96 Å². The topological polar surface area (TPSA) is 72.0 Å². The van der Waals surface area contributed by atoms with Crippen molar-refractivity contribution in [2.24, 2.45) is 5.10 Å². The number of hydrazone groups is 1. The molecular weight excluding hydrogens is 352 g/mol. The highest BCUT2D eigenvalue weighted by atomic mass is 16.2. The van der Waals surface area contributed by atoms with Gasteiger partial charge >= 0.3 is 6.03 Å². The number of urea groups is 1. The van der Waals surface area contributed by atoms with Crippen LogP contribution in [0.3, 0.4) is 0 Å². The third-order valence-electron chi connectivity index (χ3n) is 4.64. The van der Waals surface area contributed by atoms with E-state index in [0.717, 1.165) is 22.5 Å². The number of anilines is 2. The summed E-state index contributed by atoms with van der Waals surface area (Å²) in [6, 6.07) is 15.6. The quantitative estimate of drug-likeness (QED) is 0.743. The van der Waals surface area contributed by atoms with Gasteiger partial charge in [0.25, 0.3) is 0 Å². The summed E-state index contributed by atoms with van der Waals surface area (Å²) in [5.41, 5.74) is 6.84. The average Bonchev–Trinajstić information content (AvgIpc) is 3.02. The third kappa shape index (κ3) is 4.09. The Morgan fingerprint density at radius 1 is 0.929 bits per heavy atom. The first-order valence-electron chi connectivity index (χ1n) is 9.51. The summed E-state index contributed by atoms with van der Waals surface area (Å²) < 4.78 is 0. The number of amides is 2. The van der Waals surface area contributed by atoms with Crippen LogP contribution >= 0.6 is 0 Å². The number of carbonyl (C=O) groups is 1. The van der Waals surface area contributed by atoms with Gasteiger partial charge in [-0.15, -0.1) is 10.2 Å². The summed E-state index contributed by atoms with van der Waals surface area (Å²) in [4.78, 5) is 12.8. The molecule has 3 rings (SSSR count). The molecular formula is C21H28N6O. The van der Waals surface area contributed by atoms with Gasteiger partial charge in [-0.05, 0) is 35.1 Å². The SMILES string of the molecule is CC(C)c1cccc(C(C)C)c1NC(=O)NC1=NNN(C)N1c1ccccc1. The van der Waals surface area contributed by atoms with Crippen molar-refractivity contribution in [1.82, 2.24) is 16.0 Å². The van der Waals surface area contributed by atoms with Gasteiger partial charge in [-0.25, -0.2) is 15.3 Å². The molecule has 2 amide bonds. The highest BCUT2D eigenvalue weighted by Crippen LogP contribution is 2.32. The maximum absolute atomic E-state index is 12.8. The molecule has 3 N–H and O–H groups in total. The molecule has 0 aromatic heterocycles. The van der Waals surface area contributed by atoms with Crippen molar-refractivity contribution in [3.05, 3.63) is 59.7 Å². The lowest BCUT2D eigenvalue weighted by Crippen LogP contribution is -2.49. The van der Waals surface area contributed by atoms with Crippen molar-refractivity contribution < 1.29 is 4.79 Å². The van der Waals surface area contributed by atoms with Crippen LogP contribution in [0.25, 0.3) is 0 Å². The molecule has 0 fully saturated rings. The summed E-state index contributed by atoms with van der Waals surface area (Å²) in [6.45, 7) is 8.50. The fourth-order valence-electron chi connectivity index (χ4n) is 3.24. The van der Waals surface area contributed by atoms with Crippen molar-refractivity contribution >= 4 is 23.4 Å². The van der Waals surface area contributed by atoms with Crippen LogP contribution in [0.2, 0.25) is 0 Å². The van der Waals surface area contributed by atoms with Gasteiger partial charge in [-0.3, -0.25) is 5.32 Å². The van der Waals surface area contributed by atoms with E-state index in [-0.39, 0.29) is 6.03 Å². The van der Waals surface area contributed by atoms with Crippen molar-refractivity contribution in [1.29, 1.82) is 0 Å². The smallest absolute Gasteiger partial charge is 0.307 e. The molecule has 7 heteroatoms. The number of hydrogen-bond acceptors (Lipinski definition) is 5. The molecule has 0 bridgehead atoms. The number of hydrogen-bond donors (Lipinski definition) is 3. The Morgan fingerprint density at radius 3 is 2.11 bits per heavy atom. The standard InChI is InChI=1S/C21H28N6O/c1-14(2)17-12-9-13-18(15(3)4)19(17)22-21(28)23-20-24-25-26(5)27(20)16-10-7-6-8-11-16/h6-15,25H,1-5H3,(H2,22,23,24,28). The Morgan fingerprint density at radius 2 is 1.54 bits per heavy atom. The highest BCUT2D eigenvalue weighted by Gasteiger charge is 2.26. The van der Waals surface area contributed by atoms with Gasteiger partial charge in [0.05, 0.1) is 5.69 Å². The molecule has 0 radical (unpaired) electrons. The van der Waals surface area contributed by atoms with Crippen LogP contribution in [0.1, 0.15) is 50.7 Å². The number of guanidine groups is 1. The van der Waals surface area contributed by atoms with E-state index in [1.807, 2.05) is 43.4 Å². The molecule has 0 unspecified atom stereocenters. The zero-order valence-corrected chi connectivity index (χ0v) is 17.0. The van der Waals surface area contributed by atoms with Crippen LogP contribution in [0.4, 0.5) is 16.2 Å². The molecule has 1 aliphatic heterocycles. The zero-order chi connectivity index (χ0) is 20.3. The molecule has 148 valence electrons. The third-order valence-corrected chi connectivity index (χ3v) is 4.64. The van der Waals surface area contributed by atoms with Gasteiger partial charge in [0, 0.05) is 12.7 Å². The van der Waals surface area contributed by atoms with Crippen molar-refractivity contribution in [2.75, 3.05) is 17.4 Å². The summed E-state index contributed by atoms with van der Waals surface area (Å²) in [6.07, 6.45) is 0. The minimum absolute atomic E-state index is 0.298. The molecule has 28 heavy (non-hydrogen) atoms. The van der Waals surface area contributed by atoms with Crippen LogP contribution in [0, 0.1) is 0 Å². The number of rotatable bonds is 4. The van der Waals surface area contributed by atoms with E-state index in [1.165, 1.54) is 0 Å². The molecule has 7 nitrogen and oxygen atoms in total. The molecule has 1 heterocycles. The van der Waals surface area contributed by atoms with Gasteiger partial charge in [-0.1, -0.05) is 64.1 Å². The highest BCUT2D eigenvalue weighted by molar-refractivity contribution is 6.09. The molecule has 2 aromatic carbocycles. The van der Waals surface area contributed by atoms with E-state index in [1.54, 1.807) is 10.1 Å². The van der Waals surface area contributed by atoms with Gasteiger partial charge < -0.3 is 5.32 Å². The van der Waals surface area contributed by atoms with Gasteiger partial charge in [0.15, 0.2) is 0 Å². The molecule has 0 saturated heterocycles. The second kappa shape index (κ2) is 8.31. The minimum atomic E-state index is -0.327. The first kappa shape index (κ1) is 19.7. The largest absolute Gasteiger partial charge is 0.326 e. The lowest BCUT2D eigenvalue weighted by molar-refractivity contribution is 0.255. The zero-order valence-electron chi connectivity index (χ0n) is 17.0. The molecule has 0 saturated carbocycles. The predicted molar refractivity (Wildman–Crippen MR) is 114 cm³/mol. The Labute approximate surface area is 166 Å². The number of benzene rings is 2. The Hall–Kier alpha value is -3.06. The second-order valence-corrected chi connectivity index (χ2v) is 7.41. The average molecular weight is 380 g/mol. The Balaban J connectivity index is 1.81. The summed E-state index contributed by atoms with van der Waals surface area (Å²) >= 11 is 0. The van der Waals surface area contributed by atoms with Crippen LogP contribution < -0.4 is 21.2 Å². The monoisotopic (exact) mass is 380 g/mol. The molecule has 0 atom stereocenters. The maximum Gasteiger partial charge on any atom is 0.326 e. The second-order valence-electron chi connectivity index (χ2n) is 7.41. The molecule has 0 aliphatic carbocycles. The van der Waals surface area contributed by atoms with Gasteiger partial charge in [0.1, 0.15) is 0 Å². The van der Waals surface area contributed by atoms with E-state index in [4.69, 9.17) is 0 Å². The van der Waals surface area contributed by atoms with Crippen LogP contribution in [-0.4, -0.2) is 24.2 Å². The molecule has 1 aliphatic rings. The van der Waals surface area contributed by atoms with Crippen molar-refractivity contribution in [3.8, 4) is 0 Å². The van der Waals surface area contributed by atoms with E-state index < -0.39 is 0 Å². The number of nitrogens with zero attached hydrogens (tertiary/aromatic N) is 3. The van der Waals surface area contributed by atoms with E-state index in [9.17, 15) is 4.79 Å². The summed E-state index contributed by atoms with van der Waals surface area (Å²) in [5.74, 6) is 0.997. The van der Waals surface area contributed by atoms with Crippen molar-refractivity contribution in [3.63, 3.8) is 0 Å². The fourth-order valence-corrected chi connectivity index (χ4v) is 3.24. The predicted octanol–water partition coefficient (Wildman–Crippen LogP) is 4.20. The van der Waals surface area contributed by atoms with E-state index in [2.05, 4.69) is 61.1 Å². The summed E-state index contributed by atoms with van der Waals surface area (Å²) in [7, 11) is 1.83. The van der Waals surface area contributed by atoms with Crippen LogP contribution in [0.15, 0.2) is 53.6 Å². The fraction of sp³-hybridized carbons (Fsp3) is 0.333. The van der Waals surface area contributed by atoms with Crippen LogP contribution in [0.5, 0.6) is 0 Å². The minimum Gasteiger partial charge on any atom is -0.307 e. The Kier molecular flexibility index (Phi) is 5.84. The van der Waals surface area contributed by atoms with E-state index in [0.29, 0.717) is 17.8 Å². The maximum atomic E-state index is 12.8. The number of nitrogens with one attached hydrogen (secondary N) is 3. The van der Waals surface area contributed by atoms with Crippen molar-refractivity contribution in [2.45, 2.75) is 39.5 Å². The number of hydrazine groups is 2. The van der Waals surface area contributed by atoms with Gasteiger partial charge in [-0.2, -0.15) is 0 Å². The first-order valence-corrected chi connectivity index (χ1v) is 9.51. The molecule has 2 aromatic rings. The number of carbonyl (C=O) groups excluding carboxylic acids is 1.